The maximum Gasteiger partial charge on any atom is 0.268 e. The zero-order valence-corrected chi connectivity index (χ0v) is 10.2. The molecule has 1 N–H and O–H groups in total. The lowest BCUT2D eigenvalue weighted by Gasteiger charge is -2.24. The summed E-state index contributed by atoms with van der Waals surface area (Å²) in [5.41, 5.74) is 0.989. The molecule has 0 aliphatic carbocycles. The van der Waals surface area contributed by atoms with Crippen LogP contribution in [-0.4, -0.2) is 27.0 Å². The molecule has 2 aromatic carbocycles. The molecule has 2 heterocycles. The van der Waals surface area contributed by atoms with E-state index in [1.807, 2.05) is 12.1 Å². The number of aromatic amines is 1. The summed E-state index contributed by atoms with van der Waals surface area (Å²) in [6.45, 7) is 0. The van der Waals surface area contributed by atoms with E-state index in [0.717, 1.165) is 10.3 Å². The van der Waals surface area contributed by atoms with Crippen LogP contribution in [0.3, 0.4) is 0 Å². The molecule has 3 aromatic rings. The summed E-state index contributed by atoms with van der Waals surface area (Å²) in [5, 5.41) is 7.81. The molecule has 6 nitrogen and oxygen atoms in total. The Bertz CT molecular complexity index is 804. The van der Waals surface area contributed by atoms with Gasteiger partial charge in [-0.15, -0.1) is 0 Å². The van der Waals surface area contributed by atoms with Crippen LogP contribution in [0.25, 0.3) is 10.8 Å². The van der Waals surface area contributed by atoms with Crippen molar-refractivity contribution in [2.75, 3.05) is 4.90 Å². The minimum absolute atomic E-state index is 0.131. The Hall–Kier alpha value is -3.02. The van der Waals surface area contributed by atoms with Crippen LogP contribution in [0.2, 0.25) is 0 Å². The van der Waals surface area contributed by atoms with Crippen molar-refractivity contribution >= 4 is 28.5 Å². The number of carbonyl (C=O) groups excluding carboxylic acids is 2. The minimum atomic E-state index is -0.393. The summed E-state index contributed by atoms with van der Waals surface area (Å²) in [7, 11) is 0. The van der Waals surface area contributed by atoms with Gasteiger partial charge in [0, 0.05) is 16.5 Å². The van der Waals surface area contributed by atoms with Crippen molar-refractivity contribution in [2.45, 2.75) is 0 Å². The molecule has 0 spiro atoms. The van der Waals surface area contributed by atoms with Crippen molar-refractivity contribution in [3.63, 3.8) is 0 Å². The molecule has 0 bridgehead atoms. The number of hydrogen-bond acceptors (Lipinski definition) is 4. The van der Waals surface area contributed by atoms with E-state index in [0.29, 0.717) is 16.5 Å². The molecule has 0 unspecified atom stereocenters. The number of hydrogen-bond donors (Lipinski definition) is 1. The first-order valence-electron chi connectivity index (χ1n) is 6.03. The van der Waals surface area contributed by atoms with Gasteiger partial charge in [-0.3, -0.25) is 9.59 Å². The number of rotatable bonds is 1. The topological polar surface area (TPSA) is 79.0 Å². The average molecular weight is 264 g/mol. The van der Waals surface area contributed by atoms with Gasteiger partial charge in [0.1, 0.15) is 6.33 Å². The molecule has 96 valence electrons. The van der Waals surface area contributed by atoms with E-state index < -0.39 is 11.8 Å². The average Bonchev–Trinajstić information content (AvgIpc) is 2.99. The molecule has 1 aliphatic heterocycles. The van der Waals surface area contributed by atoms with Crippen LogP contribution in [0.5, 0.6) is 0 Å². The molecule has 0 saturated heterocycles. The van der Waals surface area contributed by atoms with Gasteiger partial charge in [0.25, 0.3) is 11.8 Å². The number of nitrogens with zero attached hydrogens (tertiary/aromatic N) is 3. The van der Waals surface area contributed by atoms with Crippen LogP contribution in [0.15, 0.2) is 42.7 Å². The van der Waals surface area contributed by atoms with E-state index in [1.54, 1.807) is 24.3 Å². The van der Waals surface area contributed by atoms with Gasteiger partial charge in [-0.25, -0.2) is 10.00 Å². The molecular weight excluding hydrogens is 256 g/mol. The Balaban J connectivity index is 2.05. The summed E-state index contributed by atoms with van der Waals surface area (Å²) < 4.78 is 0. The van der Waals surface area contributed by atoms with Gasteiger partial charge in [0.2, 0.25) is 5.95 Å². The number of H-pyrrole nitrogens is 1. The summed E-state index contributed by atoms with van der Waals surface area (Å²) >= 11 is 0. The Labute approximate surface area is 113 Å². The van der Waals surface area contributed by atoms with Crippen LogP contribution in [-0.2, 0) is 0 Å². The van der Waals surface area contributed by atoms with Gasteiger partial charge in [-0.05, 0) is 17.5 Å². The summed E-state index contributed by atoms with van der Waals surface area (Å²) in [6.07, 6.45) is 1.26. The van der Waals surface area contributed by atoms with E-state index in [4.69, 9.17) is 0 Å². The van der Waals surface area contributed by atoms with E-state index in [-0.39, 0.29) is 5.95 Å². The third-order valence-electron chi connectivity index (χ3n) is 3.39. The third kappa shape index (κ3) is 1.27. The number of benzene rings is 2. The zero-order chi connectivity index (χ0) is 13.7. The first-order valence-corrected chi connectivity index (χ1v) is 6.03. The predicted molar refractivity (Wildman–Crippen MR) is 71.5 cm³/mol. The van der Waals surface area contributed by atoms with E-state index in [9.17, 15) is 9.59 Å². The predicted octanol–water partition coefficient (Wildman–Crippen LogP) is 1.76. The normalized spacial score (nSPS) is 14.1. The van der Waals surface area contributed by atoms with E-state index in [1.165, 1.54) is 6.33 Å². The van der Waals surface area contributed by atoms with Crippen molar-refractivity contribution in [3.05, 3.63) is 53.9 Å². The second-order valence-corrected chi connectivity index (χ2v) is 4.46. The van der Waals surface area contributed by atoms with Gasteiger partial charge in [0.05, 0.1) is 0 Å². The largest absolute Gasteiger partial charge is 0.268 e. The Kier molecular flexibility index (Phi) is 2.03. The quantitative estimate of drug-likeness (QED) is 0.679. The highest BCUT2D eigenvalue weighted by Crippen LogP contribution is 2.31. The second kappa shape index (κ2) is 3.74. The minimum Gasteiger partial charge on any atom is -0.268 e. The molecule has 0 atom stereocenters. The number of amides is 2. The van der Waals surface area contributed by atoms with Crippen LogP contribution >= 0.6 is 0 Å². The standard InChI is InChI=1S/C14H8N4O2/c19-12-9-5-1-3-8-4-2-6-10(11(8)9)13(20)18(12)14-15-7-16-17-14/h1-7H,(H,15,16,17). The number of aromatic nitrogens is 3. The molecule has 20 heavy (non-hydrogen) atoms. The smallest absolute Gasteiger partial charge is 0.268 e. The van der Waals surface area contributed by atoms with Crippen molar-refractivity contribution in [1.82, 2.24) is 15.2 Å². The van der Waals surface area contributed by atoms with Gasteiger partial charge >= 0.3 is 0 Å². The molecular formula is C14H8N4O2. The fourth-order valence-corrected chi connectivity index (χ4v) is 2.53. The van der Waals surface area contributed by atoms with Crippen LogP contribution < -0.4 is 4.90 Å². The molecule has 0 fully saturated rings. The maximum atomic E-state index is 12.5. The van der Waals surface area contributed by atoms with Gasteiger partial charge in [-0.1, -0.05) is 24.3 Å². The van der Waals surface area contributed by atoms with E-state index >= 15 is 0 Å². The van der Waals surface area contributed by atoms with Crippen molar-refractivity contribution in [3.8, 4) is 0 Å². The molecule has 2 amide bonds. The highest BCUT2D eigenvalue weighted by molar-refractivity contribution is 6.35. The SMILES string of the molecule is O=C1c2cccc3cccc(c23)C(=O)N1c1ncn[nH]1. The van der Waals surface area contributed by atoms with Gasteiger partial charge in [0.15, 0.2) is 0 Å². The zero-order valence-electron chi connectivity index (χ0n) is 10.2. The van der Waals surface area contributed by atoms with Gasteiger partial charge in [-0.2, -0.15) is 10.1 Å². The first-order chi connectivity index (χ1) is 9.77. The van der Waals surface area contributed by atoms with Gasteiger partial charge < -0.3 is 0 Å². The number of carbonyl (C=O) groups is 2. The molecule has 0 saturated carbocycles. The lowest BCUT2D eigenvalue weighted by molar-refractivity contribution is 0.0891. The van der Waals surface area contributed by atoms with Crippen molar-refractivity contribution in [2.24, 2.45) is 0 Å². The number of anilines is 1. The van der Waals surface area contributed by atoms with Crippen molar-refractivity contribution in [1.29, 1.82) is 0 Å². The molecule has 0 radical (unpaired) electrons. The molecule has 6 heteroatoms. The highest BCUT2D eigenvalue weighted by atomic mass is 16.2. The highest BCUT2D eigenvalue weighted by Gasteiger charge is 2.35. The fraction of sp³-hybridized carbons (Fsp3) is 0. The Morgan fingerprint density at radius 2 is 1.60 bits per heavy atom. The number of imide groups is 1. The van der Waals surface area contributed by atoms with Crippen LogP contribution in [0.1, 0.15) is 20.7 Å². The third-order valence-corrected chi connectivity index (χ3v) is 3.39. The number of nitrogens with one attached hydrogen (secondary N) is 1. The molecule has 4 rings (SSSR count). The van der Waals surface area contributed by atoms with Crippen molar-refractivity contribution < 1.29 is 9.59 Å². The second-order valence-electron chi connectivity index (χ2n) is 4.46. The summed E-state index contributed by atoms with van der Waals surface area (Å²) in [4.78, 5) is 30.0. The maximum absolute atomic E-state index is 12.5. The Morgan fingerprint density at radius 1 is 0.950 bits per heavy atom. The van der Waals surface area contributed by atoms with Crippen LogP contribution in [0, 0.1) is 0 Å². The Morgan fingerprint density at radius 3 is 2.15 bits per heavy atom. The monoisotopic (exact) mass is 264 g/mol. The summed E-state index contributed by atoms with van der Waals surface area (Å²) in [6, 6.07) is 10.8. The van der Waals surface area contributed by atoms with Crippen LogP contribution in [0.4, 0.5) is 5.95 Å². The first kappa shape index (κ1) is 10.9. The van der Waals surface area contributed by atoms with E-state index in [2.05, 4.69) is 15.2 Å². The fourth-order valence-electron chi connectivity index (χ4n) is 2.53. The molecule has 1 aromatic heterocycles. The summed E-state index contributed by atoms with van der Waals surface area (Å²) in [5.74, 6) is -0.654. The lowest BCUT2D eigenvalue weighted by Crippen LogP contribution is -2.41. The molecule has 1 aliphatic rings. The lowest BCUT2D eigenvalue weighted by atomic mass is 9.94.